The summed E-state index contributed by atoms with van der Waals surface area (Å²) in [5.41, 5.74) is 5.69. The summed E-state index contributed by atoms with van der Waals surface area (Å²) in [7, 11) is -0.951. The van der Waals surface area contributed by atoms with Crippen LogP contribution in [0.5, 0.6) is 0 Å². The first kappa shape index (κ1) is 11.3. The normalized spacial score (nSPS) is 15.0. The summed E-state index contributed by atoms with van der Waals surface area (Å²) in [6.45, 7) is 1.99. The van der Waals surface area contributed by atoms with E-state index in [4.69, 9.17) is 5.73 Å². The Bertz CT molecular complexity index is 291. The largest absolute Gasteiger partial charge is 0.327 e. The molecule has 78 valence electrons. The fourth-order valence-electron chi connectivity index (χ4n) is 0.964. The number of hydrogen-bond acceptors (Lipinski definition) is 4. The average Bonchev–Trinajstić information content (AvgIpc) is 2.19. The standard InChI is InChI=1S/C9H15N3OS/c1-2-8(10)6-14(13)7-9-11-4-3-5-12-9/h3-5,8H,2,6-7,10H2,1H3. The molecular weight excluding hydrogens is 198 g/mol. The van der Waals surface area contributed by atoms with Gasteiger partial charge in [0.1, 0.15) is 5.82 Å². The minimum absolute atomic E-state index is 0.0135. The summed E-state index contributed by atoms with van der Waals surface area (Å²) in [6.07, 6.45) is 4.15. The van der Waals surface area contributed by atoms with Crippen molar-refractivity contribution in [3.63, 3.8) is 0 Å². The lowest BCUT2D eigenvalue weighted by atomic mass is 10.3. The molecule has 0 saturated heterocycles. The average molecular weight is 213 g/mol. The molecule has 0 fully saturated rings. The third-order valence-corrected chi connectivity index (χ3v) is 3.21. The monoisotopic (exact) mass is 213 g/mol. The van der Waals surface area contributed by atoms with E-state index in [1.807, 2.05) is 6.92 Å². The van der Waals surface area contributed by atoms with E-state index in [0.29, 0.717) is 17.3 Å². The van der Waals surface area contributed by atoms with Crippen molar-refractivity contribution in [3.05, 3.63) is 24.3 Å². The molecule has 5 heteroatoms. The lowest BCUT2D eigenvalue weighted by molar-refractivity contribution is 0.662. The first-order valence-electron chi connectivity index (χ1n) is 4.58. The second kappa shape index (κ2) is 5.82. The van der Waals surface area contributed by atoms with E-state index >= 15 is 0 Å². The number of hydrogen-bond donors (Lipinski definition) is 1. The van der Waals surface area contributed by atoms with Crippen LogP contribution in [0.1, 0.15) is 19.2 Å². The van der Waals surface area contributed by atoms with Crippen molar-refractivity contribution < 1.29 is 4.21 Å². The summed E-state index contributed by atoms with van der Waals surface area (Å²) in [6, 6.07) is 1.75. The quantitative estimate of drug-likeness (QED) is 0.771. The molecule has 0 aliphatic carbocycles. The second-order valence-electron chi connectivity index (χ2n) is 3.08. The van der Waals surface area contributed by atoms with Crippen LogP contribution in [0, 0.1) is 0 Å². The highest BCUT2D eigenvalue weighted by Gasteiger charge is 2.07. The van der Waals surface area contributed by atoms with Crippen molar-refractivity contribution in [2.75, 3.05) is 5.75 Å². The number of nitrogens with zero attached hydrogens (tertiary/aromatic N) is 2. The van der Waals surface area contributed by atoms with Gasteiger partial charge in [-0.3, -0.25) is 4.21 Å². The summed E-state index contributed by atoms with van der Waals surface area (Å²) >= 11 is 0. The summed E-state index contributed by atoms with van der Waals surface area (Å²) in [5, 5.41) is 0. The Hall–Kier alpha value is -0.810. The molecular formula is C9H15N3OS. The van der Waals surface area contributed by atoms with Crippen LogP contribution in [-0.4, -0.2) is 26.0 Å². The minimum Gasteiger partial charge on any atom is -0.327 e. The minimum atomic E-state index is -0.951. The van der Waals surface area contributed by atoms with E-state index in [-0.39, 0.29) is 6.04 Å². The van der Waals surface area contributed by atoms with E-state index in [2.05, 4.69) is 9.97 Å². The smallest absolute Gasteiger partial charge is 0.140 e. The molecule has 0 aliphatic rings. The molecule has 1 heterocycles. The number of aromatic nitrogens is 2. The Kier molecular flexibility index (Phi) is 4.69. The Morgan fingerprint density at radius 2 is 2.14 bits per heavy atom. The molecule has 0 aliphatic heterocycles. The van der Waals surface area contributed by atoms with Crippen LogP contribution < -0.4 is 5.73 Å². The van der Waals surface area contributed by atoms with Crippen LogP contribution in [0.25, 0.3) is 0 Å². The molecule has 1 aromatic rings. The fourth-order valence-corrected chi connectivity index (χ4v) is 2.23. The molecule has 0 saturated carbocycles. The Morgan fingerprint density at radius 1 is 1.50 bits per heavy atom. The predicted octanol–water partition coefficient (Wildman–Crippen LogP) is 0.463. The van der Waals surface area contributed by atoms with Crippen LogP contribution >= 0.6 is 0 Å². The third-order valence-electron chi connectivity index (χ3n) is 1.83. The maximum Gasteiger partial charge on any atom is 0.140 e. The van der Waals surface area contributed by atoms with Crippen LogP contribution in [0.15, 0.2) is 18.5 Å². The van der Waals surface area contributed by atoms with Gasteiger partial charge < -0.3 is 5.73 Å². The molecule has 0 aromatic carbocycles. The van der Waals surface area contributed by atoms with Crippen LogP contribution in [0.2, 0.25) is 0 Å². The molecule has 1 aromatic heterocycles. The second-order valence-corrected chi connectivity index (χ2v) is 4.59. The van der Waals surface area contributed by atoms with Gasteiger partial charge in [0.15, 0.2) is 0 Å². The van der Waals surface area contributed by atoms with Crippen LogP contribution in [-0.2, 0) is 16.6 Å². The van der Waals surface area contributed by atoms with Crippen molar-refractivity contribution in [2.45, 2.75) is 25.1 Å². The molecule has 2 atom stereocenters. The molecule has 0 spiro atoms. The molecule has 0 bridgehead atoms. The molecule has 0 radical (unpaired) electrons. The first-order chi connectivity index (χ1) is 6.72. The zero-order valence-corrected chi connectivity index (χ0v) is 9.04. The zero-order valence-electron chi connectivity index (χ0n) is 8.22. The number of rotatable bonds is 5. The first-order valence-corrected chi connectivity index (χ1v) is 6.07. The van der Waals surface area contributed by atoms with Crippen LogP contribution in [0.3, 0.4) is 0 Å². The van der Waals surface area contributed by atoms with E-state index in [0.717, 1.165) is 6.42 Å². The van der Waals surface area contributed by atoms with Gasteiger partial charge in [0.05, 0.1) is 5.75 Å². The lowest BCUT2D eigenvalue weighted by Gasteiger charge is -2.07. The fraction of sp³-hybridized carbons (Fsp3) is 0.556. The molecule has 4 nitrogen and oxygen atoms in total. The molecule has 1 rings (SSSR count). The third kappa shape index (κ3) is 3.93. The Balaban J connectivity index is 2.42. The maximum atomic E-state index is 11.5. The predicted molar refractivity (Wildman–Crippen MR) is 57.0 cm³/mol. The maximum absolute atomic E-state index is 11.5. The highest BCUT2D eigenvalue weighted by molar-refractivity contribution is 7.84. The van der Waals surface area contributed by atoms with Crippen molar-refractivity contribution in [1.29, 1.82) is 0 Å². The van der Waals surface area contributed by atoms with Crippen molar-refractivity contribution >= 4 is 10.8 Å². The lowest BCUT2D eigenvalue weighted by Crippen LogP contribution is -2.26. The Labute approximate surface area is 86.4 Å². The van der Waals surface area contributed by atoms with Gasteiger partial charge in [0, 0.05) is 35.0 Å². The molecule has 14 heavy (non-hydrogen) atoms. The Morgan fingerprint density at radius 3 is 2.71 bits per heavy atom. The van der Waals surface area contributed by atoms with Gasteiger partial charge >= 0.3 is 0 Å². The van der Waals surface area contributed by atoms with E-state index in [1.165, 1.54) is 0 Å². The van der Waals surface area contributed by atoms with E-state index < -0.39 is 10.8 Å². The van der Waals surface area contributed by atoms with Crippen molar-refractivity contribution in [3.8, 4) is 0 Å². The van der Waals surface area contributed by atoms with Gasteiger partial charge in [-0.1, -0.05) is 6.92 Å². The van der Waals surface area contributed by atoms with Crippen molar-refractivity contribution in [1.82, 2.24) is 9.97 Å². The van der Waals surface area contributed by atoms with E-state index in [1.54, 1.807) is 18.5 Å². The topological polar surface area (TPSA) is 68.9 Å². The van der Waals surface area contributed by atoms with E-state index in [9.17, 15) is 4.21 Å². The van der Waals surface area contributed by atoms with Gasteiger partial charge in [0.2, 0.25) is 0 Å². The molecule has 2 unspecified atom stereocenters. The van der Waals surface area contributed by atoms with Gasteiger partial charge in [0.25, 0.3) is 0 Å². The summed E-state index contributed by atoms with van der Waals surface area (Å²) in [5.74, 6) is 1.54. The van der Waals surface area contributed by atoms with Gasteiger partial charge in [-0.15, -0.1) is 0 Å². The zero-order chi connectivity index (χ0) is 10.4. The van der Waals surface area contributed by atoms with Gasteiger partial charge in [-0.2, -0.15) is 0 Å². The van der Waals surface area contributed by atoms with Gasteiger partial charge in [-0.05, 0) is 12.5 Å². The highest BCUT2D eigenvalue weighted by Crippen LogP contribution is 1.98. The van der Waals surface area contributed by atoms with Crippen molar-refractivity contribution in [2.24, 2.45) is 5.73 Å². The molecule has 2 N–H and O–H groups in total. The van der Waals surface area contributed by atoms with Crippen LogP contribution in [0.4, 0.5) is 0 Å². The summed E-state index contributed by atoms with van der Waals surface area (Å²) in [4.78, 5) is 8.01. The van der Waals surface area contributed by atoms with Gasteiger partial charge in [-0.25, -0.2) is 9.97 Å². The highest BCUT2D eigenvalue weighted by atomic mass is 32.2. The summed E-state index contributed by atoms with van der Waals surface area (Å²) < 4.78 is 11.5. The SMILES string of the molecule is CCC(N)CS(=O)Cc1ncccn1. The molecule has 0 amide bonds. The number of nitrogens with two attached hydrogens (primary N) is 1.